The molecule has 6 aromatic carbocycles. The van der Waals surface area contributed by atoms with E-state index in [0.29, 0.717) is 22.7 Å². The first-order valence-corrected chi connectivity index (χ1v) is 13.6. The number of nitrogens with one attached hydrogen (secondary N) is 2. The molecule has 6 aromatic rings. The topological polar surface area (TPSA) is 98.2 Å². The van der Waals surface area contributed by atoms with Gasteiger partial charge in [-0.2, -0.15) is 0 Å². The van der Waals surface area contributed by atoms with E-state index in [1.165, 1.54) is 0 Å². The average molecular weight is 549 g/mol. The number of fused-ring (bicyclic) bond motifs is 2. The van der Waals surface area contributed by atoms with Gasteiger partial charge in [0.1, 0.15) is 22.7 Å². The Morgan fingerprint density at radius 1 is 0.310 bits per heavy atom. The van der Waals surface area contributed by atoms with Crippen molar-refractivity contribution in [3.8, 4) is 0 Å². The molecule has 0 fully saturated rings. The first-order valence-electron chi connectivity index (χ1n) is 13.6. The molecule has 8 heteroatoms. The Balaban J connectivity index is 1.29. The highest BCUT2D eigenvalue weighted by molar-refractivity contribution is 6.01. The summed E-state index contributed by atoms with van der Waals surface area (Å²) in [5, 5.41) is 37.9. The summed E-state index contributed by atoms with van der Waals surface area (Å²) in [5.74, 6) is 0. The minimum Gasteiger partial charge on any atom is -0.388 e. The van der Waals surface area contributed by atoms with Crippen LogP contribution in [0.4, 0.5) is 45.5 Å². The van der Waals surface area contributed by atoms with Crippen LogP contribution in [0.1, 0.15) is 0 Å². The highest BCUT2D eigenvalue weighted by atomic mass is 15.2. The van der Waals surface area contributed by atoms with Gasteiger partial charge in [-0.1, -0.05) is 72.8 Å². The largest absolute Gasteiger partial charge is 0.388 e. The van der Waals surface area contributed by atoms with Crippen LogP contribution in [0, 0.1) is 0 Å². The second kappa shape index (κ2) is 12.2. The predicted octanol–water partition coefficient (Wildman–Crippen LogP) is 11.3. The zero-order valence-electron chi connectivity index (χ0n) is 23.2. The Labute approximate surface area is 243 Å². The van der Waals surface area contributed by atoms with E-state index in [4.69, 9.17) is 0 Å². The Bertz CT molecular complexity index is 1830. The zero-order chi connectivity index (χ0) is 28.7. The van der Waals surface area contributed by atoms with Gasteiger partial charge in [0.25, 0.3) is 0 Å². The van der Waals surface area contributed by atoms with Crippen LogP contribution in [-0.4, -0.2) is 14.1 Å². The van der Waals surface area contributed by atoms with Gasteiger partial charge in [-0.3, -0.25) is 0 Å². The number of hydrogen-bond donors (Lipinski definition) is 2. The fourth-order valence-corrected chi connectivity index (χ4v) is 4.77. The highest BCUT2D eigenvalue weighted by Crippen LogP contribution is 2.37. The van der Waals surface area contributed by atoms with Gasteiger partial charge in [0.2, 0.25) is 0 Å². The highest BCUT2D eigenvalue weighted by Gasteiger charge is 2.07. The fourth-order valence-electron chi connectivity index (χ4n) is 4.77. The number of benzene rings is 6. The standard InChI is InChI=1S/C34H28N8/c1-35-27-19-21-29(25-13-5-3-11-23(25)27)37-39-31-15-7-9-17-33(31)41-42-34-18-10-8-16-32(34)40-38-30-22-20-28(36-2)24-12-4-6-14-26(24)30/h3-22,35-36H,1-2H3. The Kier molecular flexibility index (Phi) is 7.67. The second-order valence-corrected chi connectivity index (χ2v) is 9.43. The summed E-state index contributed by atoms with van der Waals surface area (Å²) in [6.45, 7) is 0. The molecular formula is C34H28N8. The van der Waals surface area contributed by atoms with Gasteiger partial charge in [-0.05, 0) is 48.5 Å². The maximum absolute atomic E-state index is 4.57. The van der Waals surface area contributed by atoms with E-state index in [0.717, 1.165) is 44.3 Å². The molecule has 0 amide bonds. The van der Waals surface area contributed by atoms with E-state index in [1.807, 2.05) is 123 Å². The summed E-state index contributed by atoms with van der Waals surface area (Å²) in [6, 6.07) is 39.2. The summed E-state index contributed by atoms with van der Waals surface area (Å²) in [6.07, 6.45) is 0. The molecule has 42 heavy (non-hydrogen) atoms. The van der Waals surface area contributed by atoms with Crippen LogP contribution in [-0.2, 0) is 0 Å². The van der Waals surface area contributed by atoms with Crippen molar-refractivity contribution in [1.29, 1.82) is 0 Å². The van der Waals surface area contributed by atoms with Gasteiger partial charge >= 0.3 is 0 Å². The summed E-state index contributed by atoms with van der Waals surface area (Å²) < 4.78 is 0. The van der Waals surface area contributed by atoms with Crippen molar-refractivity contribution in [2.75, 3.05) is 24.7 Å². The number of rotatable bonds is 8. The molecule has 0 saturated carbocycles. The van der Waals surface area contributed by atoms with Crippen LogP contribution < -0.4 is 10.6 Å². The molecule has 0 atom stereocenters. The predicted molar refractivity (Wildman–Crippen MR) is 172 cm³/mol. The van der Waals surface area contributed by atoms with Crippen molar-refractivity contribution in [2.45, 2.75) is 0 Å². The summed E-state index contributed by atoms with van der Waals surface area (Å²) >= 11 is 0. The Morgan fingerprint density at radius 2 is 0.595 bits per heavy atom. The summed E-state index contributed by atoms with van der Waals surface area (Å²) in [4.78, 5) is 0. The maximum atomic E-state index is 4.57. The van der Waals surface area contributed by atoms with Gasteiger partial charge in [0, 0.05) is 47.0 Å². The third-order valence-corrected chi connectivity index (χ3v) is 6.90. The minimum absolute atomic E-state index is 0.595. The first-order chi connectivity index (χ1) is 20.7. The molecule has 0 saturated heterocycles. The third kappa shape index (κ3) is 5.46. The van der Waals surface area contributed by atoms with Crippen molar-refractivity contribution < 1.29 is 0 Å². The molecule has 0 aromatic heterocycles. The molecule has 0 aliphatic heterocycles. The molecular weight excluding hydrogens is 520 g/mol. The third-order valence-electron chi connectivity index (χ3n) is 6.90. The van der Waals surface area contributed by atoms with Crippen LogP contribution in [0.15, 0.2) is 152 Å². The molecule has 0 aliphatic carbocycles. The second-order valence-electron chi connectivity index (χ2n) is 9.43. The lowest BCUT2D eigenvalue weighted by Crippen LogP contribution is -1.88. The molecule has 2 N–H and O–H groups in total. The molecule has 204 valence electrons. The van der Waals surface area contributed by atoms with Crippen LogP contribution in [0.2, 0.25) is 0 Å². The van der Waals surface area contributed by atoms with Crippen molar-refractivity contribution in [1.82, 2.24) is 0 Å². The van der Waals surface area contributed by atoms with Gasteiger partial charge in [-0.15, -0.1) is 30.7 Å². The van der Waals surface area contributed by atoms with Gasteiger partial charge in [-0.25, -0.2) is 0 Å². The fraction of sp³-hybridized carbons (Fsp3) is 0.0588. The molecule has 0 spiro atoms. The molecule has 0 radical (unpaired) electrons. The van der Waals surface area contributed by atoms with E-state index >= 15 is 0 Å². The van der Waals surface area contributed by atoms with E-state index in [2.05, 4.69) is 53.5 Å². The van der Waals surface area contributed by atoms with Crippen molar-refractivity contribution in [3.05, 3.63) is 121 Å². The SMILES string of the molecule is CNc1ccc(N=Nc2ccccc2N=Nc2ccccc2N=Nc2ccc(NC)c3ccccc23)c2ccccc12. The summed E-state index contributed by atoms with van der Waals surface area (Å²) in [5.41, 5.74) is 6.04. The molecule has 8 nitrogen and oxygen atoms in total. The molecule has 0 unspecified atom stereocenters. The number of nitrogens with zero attached hydrogens (tertiary/aromatic N) is 6. The average Bonchev–Trinajstić information content (AvgIpc) is 3.05. The molecule has 0 bridgehead atoms. The monoisotopic (exact) mass is 548 g/mol. The smallest absolute Gasteiger partial charge is 0.113 e. The van der Waals surface area contributed by atoms with Crippen molar-refractivity contribution in [3.63, 3.8) is 0 Å². The Morgan fingerprint density at radius 3 is 0.929 bits per heavy atom. The van der Waals surface area contributed by atoms with Crippen LogP contribution in [0.5, 0.6) is 0 Å². The lowest BCUT2D eigenvalue weighted by molar-refractivity contribution is 1.17. The quantitative estimate of drug-likeness (QED) is 0.185. The van der Waals surface area contributed by atoms with Crippen LogP contribution in [0.3, 0.4) is 0 Å². The van der Waals surface area contributed by atoms with Crippen LogP contribution >= 0.6 is 0 Å². The first kappa shape index (κ1) is 26.5. The summed E-state index contributed by atoms with van der Waals surface area (Å²) in [7, 11) is 3.82. The Hall–Kier alpha value is -5.76. The van der Waals surface area contributed by atoms with Gasteiger partial charge in [0.15, 0.2) is 0 Å². The molecule has 0 aliphatic rings. The van der Waals surface area contributed by atoms with E-state index in [1.54, 1.807) is 0 Å². The lowest BCUT2D eigenvalue weighted by Gasteiger charge is -2.07. The van der Waals surface area contributed by atoms with Crippen molar-refractivity contribution >= 4 is 67.0 Å². The van der Waals surface area contributed by atoms with E-state index in [-0.39, 0.29) is 0 Å². The maximum Gasteiger partial charge on any atom is 0.113 e. The van der Waals surface area contributed by atoms with E-state index in [9.17, 15) is 0 Å². The van der Waals surface area contributed by atoms with E-state index < -0.39 is 0 Å². The molecule has 0 heterocycles. The zero-order valence-corrected chi connectivity index (χ0v) is 23.2. The van der Waals surface area contributed by atoms with Gasteiger partial charge in [0.05, 0.1) is 11.4 Å². The normalized spacial score (nSPS) is 11.8. The lowest BCUT2D eigenvalue weighted by atomic mass is 10.1. The molecule has 6 rings (SSSR count). The van der Waals surface area contributed by atoms with Gasteiger partial charge < -0.3 is 10.6 Å². The van der Waals surface area contributed by atoms with Crippen LogP contribution in [0.25, 0.3) is 21.5 Å². The number of azo groups is 3. The number of hydrogen-bond acceptors (Lipinski definition) is 8. The minimum atomic E-state index is 0.595. The van der Waals surface area contributed by atoms with Crippen molar-refractivity contribution in [2.24, 2.45) is 30.7 Å². The number of anilines is 2.